The molecule has 60 heavy (non-hydrogen) atoms. The van der Waals surface area contributed by atoms with E-state index in [2.05, 4.69) is 223 Å². The van der Waals surface area contributed by atoms with Crippen molar-refractivity contribution in [2.45, 2.75) is 0 Å². The summed E-state index contributed by atoms with van der Waals surface area (Å²) in [5.41, 5.74) is 12.0. The van der Waals surface area contributed by atoms with E-state index in [1.165, 1.54) is 59.8 Å². The second kappa shape index (κ2) is 13.9. The monoisotopic (exact) mass is 763 g/mol. The van der Waals surface area contributed by atoms with Crippen LogP contribution in [0.1, 0.15) is 0 Å². The molecule has 0 unspecified atom stereocenters. The summed E-state index contributed by atoms with van der Waals surface area (Å²) in [6.07, 6.45) is 0. The van der Waals surface area contributed by atoms with Crippen molar-refractivity contribution in [3.05, 3.63) is 224 Å². The van der Waals surface area contributed by atoms with Gasteiger partial charge in [-0.1, -0.05) is 176 Å². The van der Waals surface area contributed by atoms with Gasteiger partial charge >= 0.3 is 0 Å². The average molecular weight is 764 g/mol. The van der Waals surface area contributed by atoms with E-state index in [1.54, 1.807) is 0 Å². The second-order valence-electron chi connectivity index (χ2n) is 15.7. The van der Waals surface area contributed by atoms with Crippen LogP contribution in [0.2, 0.25) is 0 Å². The van der Waals surface area contributed by atoms with E-state index in [1.807, 2.05) is 6.07 Å². The van der Waals surface area contributed by atoms with E-state index >= 15 is 0 Å². The Morgan fingerprint density at radius 1 is 0.283 bits per heavy atom. The summed E-state index contributed by atoms with van der Waals surface area (Å²) in [4.78, 5) is 2.39. The Kier molecular flexibility index (Phi) is 7.89. The summed E-state index contributed by atoms with van der Waals surface area (Å²) < 4.78 is 6.44. The number of para-hydroxylation sites is 1. The molecular formula is C58H37NO. The summed E-state index contributed by atoms with van der Waals surface area (Å²) in [7, 11) is 0. The van der Waals surface area contributed by atoms with Crippen LogP contribution >= 0.6 is 0 Å². The third-order valence-corrected chi connectivity index (χ3v) is 12.2. The Morgan fingerprint density at radius 2 is 0.800 bits per heavy atom. The molecule has 0 bridgehead atoms. The van der Waals surface area contributed by atoms with Gasteiger partial charge in [-0.25, -0.2) is 0 Å². The summed E-state index contributed by atoms with van der Waals surface area (Å²) >= 11 is 0. The van der Waals surface area contributed by atoms with Crippen molar-refractivity contribution in [3.63, 3.8) is 0 Å². The predicted octanol–water partition coefficient (Wildman–Crippen LogP) is 16.7. The summed E-state index contributed by atoms with van der Waals surface area (Å²) in [6.45, 7) is 0. The number of hydrogen-bond donors (Lipinski definition) is 0. The van der Waals surface area contributed by atoms with Gasteiger partial charge in [0.25, 0.3) is 0 Å². The molecule has 1 aromatic heterocycles. The minimum absolute atomic E-state index is 0.866. The molecule has 0 saturated carbocycles. The van der Waals surface area contributed by atoms with Gasteiger partial charge in [0.2, 0.25) is 0 Å². The van der Waals surface area contributed by atoms with Crippen LogP contribution in [0.3, 0.4) is 0 Å². The molecule has 2 heteroatoms. The molecule has 0 saturated heterocycles. The van der Waals surface area contributed by atoms with Crippen molar-refractivity contribution in [2.75, 3.05) is 4.90 Å². The van der Waals surface area contributed by atoms with Gasteiger partial charge in [0, 0.05) is 16.8 Å². The smallest absolute Gasteiger partial charge is 0.137 e. The highest BCUT2D eigenvalue weighted by molar-refractivity contribution is 6.14. The van der Waals surface area contributed by atoms with Gasteiger partial charge in [0.1, 0.15) is 11.2 Å². The van der Waals surface area contributed by atoms with E-state index in [4.69, 9.17) is 4.42 Å². The van der Waals surface area contributed by atoms with Crippen LogP contribution in [-0.4, -0.2) is 0 Å². The second-order valence-corrected chi connectivity index (χ2v) is 15.7. The zero-order valence-electron chi connectivity index (χ0n) is 32.7. The molecule has 12 aromatic rings. The quantitative estimate of drug-likeness (QED) is 0.157. The molecule has 0 aliphatic heterocycles. The van der Waals surface area contributed by atoms with Crippen molar-refractivity contribution in [1.82, 2.24) is 0 Å². The van der Waals surface area contributed by atoms with Crippen LogP contribution in [-0.2, 0) is 0 Å². The molecule has 0 atom stereocenters. The summed E-state index contributed by atoms with van der Waals surface area (Å²) in [6, 6.07) is 81.3. The highest BCUT2D eigenvalue weighted by atomic mass is 16.3. The number of fused-ring (bicyclic) bond motifs is 9. The van der Waals surface area contributed by atoms with Gasteiger partial charge < -0.3 is 9.32 Å². The molecule has 11 aromatic carbocycles. The first-order valence-electron chi connectivity index (χ1n) is 20.6. The van der Waals surface area contributed by atoms with Crippen molar-refractivity contribution in [2.24, 2.45) is 0 Å². The minimum Gasteiger partial charge on any atom is -0.456 e. The van der Waals surface area contributed by atoms with Crippen molar-refractivity contribution in [3.8, 4) is 33.4 Å². The zero-order chi connectivity index (χ0) is 39.6. The standard InChI is InChI=1S/C58H37NO/c1-3-17-48-39(11-1)29-30-45-35-44(32-33-51(45)48)43-14-8-16-47(37-43)59(55-22-10-24-57-58(55)54-19-5-6-23-56(54)60-57)46-15-7-13-42(36-46)38-25-27-41(28-26-38)50-20-9-21-52-49-18-4-2-12-40(49)31-34-53(50)52/h1-37H. The summed E-state index contributed by atoms with van der Waals surface area (Å²) in [5.74, 6) is 0. The third-order valence-electron chi connectivity index (χ3n) is 12.2. The first-order valence-corrected chi connectivity index (χ1v) is 20.6. The Hall–Kier alpha value is -7.94. The minimum atomic E-state index is 0.866. The number of furan rings is 1. The van der Waals surface area contributed by atoms with Crippen LogP contribution in [0.25, 0.3) is 98.4 Å². The van der Waals surface area contributed by atoms with Crippen molar-refractivity contribution >= 4 is 82.1 Å². The lowest BCUT2D eigenvalue weighted by molar-refractivity contribution is 0.669. The van der Waals surface area contributed by atoms with Gasteiger partial charge in [-0.15, -0.1) is 0 Å². The molecule has 0 amide bonds. The van der Waals surface area contributed by atoms with Gasteiger partial charge in [-0.3, -0.25) is 0 Å². The first kappa shape index (κ1) is 34.1. The van der Waals surface area contributed by atoms with Crippen LogP contribution < -0.4 is 4.90 Å². The Bertz CT molecular complexity index is 3610. The average Bonchev–Trinajstić information content (AvgIpc) is 3.71. The fourth-order valence-electron chi connectivity index (χ4n) is 9.35. The number of hydrogen-bond acceptors (Lipinski definition) is 2. The van der Waals surface area contributed by atoms with E-state index in [-0.39, 0.29) is 0 Å². The molecule has 12 rings (SSSR count). The maximum Gasteiger partial charge on any atom is 0.137 e. The van der Waals surface area contributed by atoms with Gasteiger partial charge in [-0.05, 0) is 125 Å². The van der Waals surface area contributed by atoms with E-state index in [0.717, 1.165) is 55.7 Å². The highest BCUT2D eigenvalue weighted by Gasteiger charge is 2.20. The fourth-order valence-corrected chi connectivity index (χ4v) is 9.35. The van der Waals surface area contributed by atoms with E-state index < -0.39 is 0 Å². The number of rotatable bonds is 6. The fraction of sp³-hybridized carbons (Fsp3) is 0. The molecule has 0 aliphatic rings. The lowest BCUT2D eigenvalue weighted by Gasteiger charge is -2.27. The molecule has 2 nitrogen and oxygen atoms in total. The molecule has 0 aliphatic carbocycles. The topological polar surface area (TPSA) is 16.4 Å². The molecule has 0 radical (unpaired) electrons. The van der Waals surface area contributed by atoms with Gasteiger partial charge in [-0.2, -0.15) is 0 Å². The Morgan fingerprint density at radius 3 is 1.58 bits per heavy atom. The normalized spacial score (nSPS) is 11.7. The van der Waals surface area contributed by atoms with Crippen LogP contribution in [0.15, 0.2) is 229 Å². The van der Waals surface area contributed by atoms with Crippen LogP contribution in [0.4, 0.5) is 17.1 Å². The molecule has 0 fully saturated rings. The van der Waals surface area contributed by atoms with E-state index in [0.29, 0.717) is 0 Å². The molecule has 0 N–H and O–H groups in total. The lowest BCUT2D eigenvalue weighted by Crippen LogP contribution is -2.10. The first-order chi connectivity index (χ1) is 29.7. The predicted molar refractivity (Wildman–Crippen MR) is 255 cm³/mol. The van der Waals surface area contributed by atoms with Crippen molar-refractivity contribution < 1.29 is 4.42 Å². The molecule has 0 spiro atoms. The molecule has 280 valence electrons. The Labute approximate surface area is 347 Å². The Balaban J connectivity index is 0.978. The number of anilines is 3. The van der Waals surface area contributed by atoms with Crippen LogP contribution in [0.5, 0.6) is 0 Å². The number of nitrogens with zero attached hydrogens (tertiary/aromatic N) is 1. The van der Waals surface area contributed by atoms with Gasteiger partial charge in [0.15, 0.2) is 0 Å². The molecular weight excluding hydrogens is 727 g/mol. The third kappa shape index (κ3) is 5.65. The zero-order valence-corrected chi connectivity index (χ0v) is 32.7. The maximum atomic E-state index is 6.44. The highest BCUT2D eigenvalue weighted by Crippen LogP contribution is 2.45. The number of benzene rings is 11. The summed E-state index contributed by atoms with van der Waals surface area (Å²) in [5, 5.41) is 12.3. The van der Waals surface area contributed by atoms with Crippen molar-refractivity contribution in [1.29, 1.82) is 0 Å². The SMILES string of the molecule is c1cc(-c2ccc(-c3cccc4c3ccc3ccccc34)cc2)cc(N(c2cccc(-c3ccc4c(ccc5ccccc54)c3)c2)c2cccc3oc4ccccc4c23)c1. The van der Waals surface area contributed by atoms with E-state index in [9.17, 15) is 0 Å². The molecule has 1 heterocycles. The lowest BCUT2D eigenvalue weighted by atomic mass is 9.93. The maximum absolute atomic E-state index is 6.44. The van der Waals surface area contributed by atoms with Crippen LogP contribution in [0, 0.1) is 0 Å². The largest absolute Gasteiger partial charge is 0.456 e. The van der Waals surface area contributed by atoms with Gasteiger partial charge in [0.05, 0.1) is 11.1 Å².